The first kappa shape index (κ1) is 12.1. The Morgan fingerprint density at radius 2 is 1.86 bits per heavy atom. The smallest absolute Gasteiger partial charge is 0.231 e. The molecular weight excluding hydrogens is 263 g/mol. The van der Waals surface area contributed by atoms with E-state index >= 15 is 0 Å². The highest BCUT2D eigenvalue weighted by Crippen LogP contribution is 2.35. The van der Waals surface area contributed by atoms with Crippen LogP contribution >= 0.6 is 0 Å². The third kappa shape index (κ3) is 2.16. The van der Waals surface area contributed by atoms with Crippen LogP contribution in [0.4, 0.5) is 0 Å². The Labute approximate surface area is 123 Å². The van der Waals surface area contributed by atoms with Gasteiger partial charge in [0.1, 0.15) is 7.85 Å². The first-order valence-electron chi connectivity index (χ1n) is 6.82. The van der Waals surface area contributed by atoms with Gasteiger partial charge in [0.15, 0.2) is 11.5 Å². The number of rotatable bonds is 2. The van der Waals surface area contributed by atoms with Crippen molar-refractivity contribution in [3.05, 3.63) is 48.5 Å². The molecule has 2 heterocycles. The van der Waals surface area contributed by atoms with Crippen LogP contribution in [0, 0.1) is 0 Å². The first-order chi connectivity index (χ1) is 10.3. The van der Waals surface area contributed by atoms with Crippen molar-refractivity contribution >= 4 is 13.3 Å². The number of hydrogen-bond donors (Lipinski definition) is 1. The Bertz CT molecular complexity index is 814. The van der Waals surface area contributed by atoms with Gasteiger partial charge in [-0.2, -0.15) is 5.10 Å². The number of benzene rings is 2. The first-order valence-corrected chi connectivity index (χ1v) is 6.82. The quantitative estimate of drug-likeness (QED) is 0.725. The Kier molecular flexibility index (Phi) is 2.70. The SMILES string of the molecule is Bc1cccc(-c2cc(-c3ccc4c(c3)OCO4)n[nH]2)c1. The van der Waals surface area contributed by atoms with Gasteiger partial charge < -0.3 is 9.47 Å². The van der Waals surface area contributed by atoms with E-state index in [2.05, 4.69) is 36.2 Å². The molecular formula is C16H13BN2O2. The van der Waals surface area contributed by atoms with E-state index in [1.807, 2.05) is 30.3 Å². The molecule has 102 valence electrons. The zero-order valence-corrected chi connectivity index (χ0v) is 11.6. The van der Waals surface area contributed by atoms with Crippen LogP contribution in [0.1, 0.15) is 0 Å². The highest BCUT2D eigenvalue weighted by atomic mass is 16.7. The maximum atomic E-state index is 5.41. The predicted molar refractivity (Wildman–Crippen MR) is 83.8 cm³/mol. The molecule has 2 aromatic carbocycles. The number of aromatic nitrogens is 2. The molecule has 1 aromatic heterocycles. The monoisotopic (exact) mass is 276 g/mol. The van der Waals surface area contributed by atoms with Crippen LogP contribution in [-0.2, 0) is 0 Å². The largest absolute Gasteiger partial charge is 0.454 e. The molecule has 4 nitrogen and oxygen atoms in total. The van der Waals surface area contributed by atoms with E-state index in [4.69, 9.17) is 9.47 Å². The minimum Gasteiger partial charge on any atom is -0.454 e. The number of H-pyrrole nitrogens is 1. The number of nitrogens with zero attached hydrogens (tertiary/aromatic N) is 1. The van der Waals surface area contributed by atoms with Gasteiger partial charge in [-0.1, -0.05) is 29.7 Å². The normalized spacial score (nSPS) is 12.6. The zero-order chi connectivity index (χ0) is 14.2. The molecule has 5 heteroatoms. The summed E-state index contributed by atoms with van der Waals surface area (Å²) in [5.41, 5.74) is 5.27. The molecule has 0 radical (unpaired) electrons. The summed E-state index contributed by atoms with van der Waals surface area (Å²) in [7, 11) is 2.08. The lowest BCUT2D eigenvalue weighted by Crippen LogP contribution is -2.00. The van der Waals surface area contributed by atoms with Crippen molar-refractivity contribution in [3.8, 4) is 34.0 Å². The second kappa shape index (κ2) is 4.70. The van der Waals surface area contributed by atoms with Crippen LogP contribution in [0.15, 0.2) is 48.5 Å². The van der Waals surface area contributed by atoms with Crippen molar-refractivity contribution in [2.75, 3.05) is 6.79 Å². The molecule has 21 heavy (non-hydrogen) atoms. The molecule has 3 aromatic rings. The highest BCUT2D eigenvalue weighted by Gasteiger charge is 2.15. The van der Waals surface area contributed by atoms with Crippen LogP contribution in [0.2, 0.25) is 0 Å². The van der Waals surface area contributed by atoms with Gasteiger partial charge >= 0.3 is 0 Å². The van der Waals surface area contributed by atoms with Gasteiger partial charge in [-0.15, -0.1) is 0 Å². The van der Waals surface area contributed by atoms with Crippen molar-refractivity contribution in [1.82, 2.24) is 10.2 Å². The highest BCUT2D eigenvalue weighted by molar-refractivity contribution is 6.32. The summed E-state index contributed by atoms with van der Waals surface area (Å²) < 4.78 is 10.7. The third-order valence-electron chi connectivity index (χ3n) is 3.58. The Hall–Kier alpha value is -2.69. The van der Waals surface area contributed by atoms with Gasteiger partial charge in [-0.25, -0.2) is 0 Å². The maximum absolute atomic E-state index is 5.41. The summed E-state index contributed by atoms with van der Waals surface area (Å²) in [5.74, 6) is 1.56. The van der Waals surface area contributed by atoms with Crippen LogP contribution < -0.4 is 14.9 Å². The summed E-state index contributed by atoms with van der Waals surface area (Å²) in [6, 6.07) is 16.2. The number of ether oxygens (including phenoxy) is 2. The van der Waals surface area contributed by atoms with Gasteiger partial charge in [0.05, 0.1) is 11.4 Å². The Morgan fingerprint density at radius 3 is 2.76 bits per heavy atom. The molecule has 1 aliphatic heterocycles. The molecule has 0 spiro atoms. The zero-order valence-electron chi connectivity index (χ0n) is 11.6. The average Bonchev–Trinajstić information content (AvgIpc) is 3.15. The van der Waals surface area contributed by atoms with Gasteiger partial charge in [0.25, 0.3) is 0 Å². The van der Waals surface area contributed by atoms with E-state index in [0.717, 1.165) is 34.0 Å². The molecule has 0 fully saturated rings. The predicted octanol–water partition coefficient (Wildman–Crippen LogP) is 1.73. The lowest BCUT2D eigenvalue weighted by atomic mass is 9.94. The van der Waals surface area contributed by atoms with E-state index in [1.165, 1.54) is 5.46 Å². The standard InChI is InChI=1S/C16H13BN2O2/c17-12-3-1-2-10(6-12)13-8-14(19-18-13)11-4-5-15-16(7-11)21-9-20-15/h1-8H,9,17H2,(H,18,19). The fraction of sp³-hybridized carbons (Fsp3) is 0.0625. The second-order valence-electron chi connectivity index (χ2n) is 5.10. The van der Waals surface area contributed by atoms with Crippen molar-refractivity contribution in [2.24, 2.45) is 0 Å². The van der Waals surface area contributed by atoms with E-state index in [-0.39, 0.29) is 6.79 Å². The number of aromatic amines is 1. The van der Waals surface area contributed by atoms with E-state index in [1.54, 1.807) is 0 Å². The lowest BCUT2D eigenvalue weighted by molar-refractivity contribution is 0.174. The lowest BCUT2D eigenvalue weighted by Gasteiger charge is -1.99. The maximum Gasteiger partial charge on any atom is 0.231 e. The van der Waals surface area contributed by atoms with Crippen LogP contribution in [0.5, 0.6) is 11.5 Å². The topological polar surface area (TPSA) is 47.1 Å². The summed E-state index contributed by atoms with van der Waals surface area (Å²) in [4.78, 5) is 0. The van der Waals surface area contributed by atoms with Crippen molar-refractivity contribution < 1.29 is 9.47 Å². The Morgan fingerprint density at radius 1 is 0.952 bits per heavy atom. The molecule has 0 aliphatic carbocycles. The van der Waals surface area contributed by atoms with Crippen LogP contribution in [-0.4, -0.2) is 24.8 Å². The van der Waals surface area contributed by atoms with Gasteiger partial charge in [-0.05, 0) is 29.8 Å². The van der Waals surface area contributed by atoms with E-state index in [0.29, 0.717) is 0 Å². The fourth-order valence-electron chi connectivity index (χ4n) is 2.49. The molecule has 0 bridgehead atoms. The molecule has 4 rings (SSSR count). The summed E-state index contributed by atoms with van der Waals surface area (Å²) >= 11 is 0. The molecule has 0 saturated carbocycles. The van der Waals surface area contributed by atoms with Crippen LogP contribution in [0.25, 0.3) is 22.5 Å². The molecule has 1 aliphatic rings. The van der Waals surface area contributed by atoms with Gasteiger partial charge in [-0.3, -0.25) is 5.10 Å². The second-order valence-corrected chi connectivity index (χ2v) is 5.10. The molecule has 0 saturated heterocycles. The van der Waals surface area contributed by atoms with E-state index < -0.39 is 0 Å². The number of fused-ring (bicyclic) bond motifs is 1. The summed E-state index contributed by atoms with van der Waals surface area (Å²) in [6.07, 6.45) is 0. The number of nitrogens with one attached hydrogen (secondary N) is 1. The van der Waals surface area contributed by atoms with Gasteiger partial charge in [0.2, 0.25) is 6.79 Å². The van der Waals surface area contributed by atoms with Gasteiger partial charge in [0, 0.05) is 5.56 Å². The Balaban J connectivity index is 1.71. The van der Waals surface area contributed by atoms with E-state index in [9.17, 15) is 0 Å². The molecule has 1 N–H and O–H groups in total. The minimum absolute atomic E-state index is 0.286. The van der Waals surface area contributed by atoms with Crippen molar-refractivity contribution in [1.29, 1.82) is 0 Å². The number of hydrogen-bond acceptors (Lipinski definition) is 3. The summed E-state index contributed by atoms with van der Waals surface area (Å²) in [6.45, 7) is 0.286. The third-order valence-corrected chi connectivity index (χ3v) is 3.58. The summed E-state index contributed by atoms with van der Waals surface area (Å²) in [5, 5.41) is 7.49. The molecule has 0 amide bonds. The minimum atomic E-state index is 0.286. The molecule has 0 atom stereocenters. The molecule has 0 unspecified atom stereocenters. The van der Waals surface area contributed by atoms with Crippen molar-refractivity contribution in [2.45, 2.75) is 0 Å². The average molecular weight is 276 g/mol. The van der Waals surface area contributed by atoms with Crippen molar-refractivity contribution in [3.63, 3.8) is 0 Å². The van der Waals surface area contributed by atoms with Crippen LogP contribution in [0.3, 0.4) is 0 Å². The fourth-order valence-corrected chi connectivity index (χ4v) is 2.49.